The summed E-state index contributed by atoms with van der Waals surface area (Å²) in [4.78, 5) is 2.34. The van der Waals surface area contributed by atoms with Crippen LogP contribution in [-0.2, 0) is 16.4 Å². The van der Waals surface area contributed by atoms with Crippen molar-refractivity contribution in [2.45, 2.75) is 51.0 Å². The second-order valence-corrected chi connectivity index (χ2v) is 10.2. The first-order chi connectivity index (χ1) is 14.8. The lowest BCUT2D eigenvalue weighted by Crippen LogP contribution is -2.37. The van der Waals surface area contributed by atoms with Crippen molar-refractivity contribution in [3.63, 3.8) is 0 Å². The van der Waals surface area contributed by atoms with Crippen LogP contribution in [0.1, 0.15) is 45.1 Å². The molecule has 1 unspecified atom stereocenters. The maximum absolute atomic E-state index is 13.6. The maximum atomic E-state index is 13.6. The smallest absolute Gasteiger partial charge is 0.181 e. The van der Waals surface area contributed by atoms with E-state index in [-0.39, 0.29) is 22.7 Å². The maximum Gasteiger partial charge on any atom is 0.181 e. The second kappa shape index (κ2) is 9.49. The van der Waals surface area contributed by atoms with Crippen LogP contribution in [0.2, 0.25) is 0 Å². The second-order valence-electron chi connectivity index (χ2n) is 8.29. The molecule has 1 aliphatic rings. The number of aliphatic hydroxyl groups is 1. The van der Waals surface area contributed by atoms with Gasteiger partial charge in [0.2, 0.25) is 0 Å². The van der Waals surface area contributed by atoms with Gasteiger partial charge in [0, 0.05) is 29.3 Å². The zero-order chi connectivity index (χ0) is 22.6. The van der Waals surface area contributed by atoms with Crippen LogP contribution >= 0.6 is 0 Å². The Balaban J connectivity index is 2.26. The van der Waals surface area contributed by atoms with E-state index in [9.17, 15) is 13.5 Å². The highest BCUT2D eigenvalue weighted by molar-refractivity contribution is 7.91. The van der Waals surface area contributed by atoms with E-state index in [1.165, 1.54) is 7.11 Å². The lowest BCUT2D eigenvalue weighted by Gasteiger charge is -2.36. The molecule has 0 saturated carbocycles. The van der Waals surface area contributed by atoms with Crippen molar-refractivity contribution < 1.29 is 23.0 Å². The Morgan fingerprint density at radius 2 is 1.81 bits per heavy atom. The molecule has 7 heteroatoms. The molecule has 2 aromatic rings. The highest BCUT2D eigenvalue weighted by Crippen LogP contribution is 2.46. The van der Waals surface area contributed by atoms with Crippen LogP contribution in [0, 0.1) is 5.41 Å². The Labute approximate surface area is 185 Å². The van der Waals surface area contributed by atoms with Gasteiger partial charge in [-0.05, 0) is 43.2 Å². The summed E-state index contributed by atoms with van der Waals surface area (Å²) in [7, 11) is -0.422. The summed E-state index contributed by atoms with van der Waals surface area (Å²) in [5.74, 6) is 1.31. The van der Waals surface area contributed by atoms with Crippen LogP contribution in [0.3, 0.4) is 0 Å². The predicted octanol–water partition coefficient (Wildman–Crippen LogP) is 4.71. The molecule has 0 radical (unpaired) electrons. The quantitative estimate of drug-likeness (QED) is 0.632. The highest BCUT2D eigenvalue weighted by Gasteiger charge is 2.41. The minimum absolute atomic E-state index is 0.0906. The van der Waals surface area contributed by atoms with Crippen molar-refractivity contribution in [1.29, 1.82) is 0 Å². The molecule has 0 spiro atoms. The lowest BCUT2D eigenvalue weighted by atomic mass is 9.81. The lowest BCUT2D eigenvalue weighted by molar-refractivity contribution is 0.273. The SMILES string of the molecule is CCCCC1(CC)CN(c2ccc(OC)cc2)c2cc(OC)c(CO)cc2S(=O)(=O)C1. The van der Waals surface area contributed by atoms with E-state index in [0.717, 1.165) is 37.1 Å². The Kier molecular flexibility index (Phi) is 7.17. The molecule has 0 aliphatic carbocycles. The number of anilines is 2. The van der Waals surface area contributed by atoms with E-state index >= 15 is 0 Å². The predicted molar refractivity (Wildman–Crippen MR) is 123 cm³/mol. The van der Waals surface area contributed by atoms with Crippen molar-refractivity contribution in [1.82, 2.24) is 0 Å². The number of rotatable bonds is 8. The number of unbranched alkanes of at least 4 members (excludes halogenated alkanes) is 1. The zero-order valence-electron chi connectivity index (χ0n) is 18.8. The Hall–Kier alpha value is -2.25. The van der Waals surface area contributed by atoms with Crippen LogP contribution in [0.4, 0.5) is 11.4 Å². The van der Waals surface area contributed by atoms with E-state index in [2.05, 4.69) is 18.7 Å². The number of hydrogen-bond donors (Lipinski definition) is 1. The fourth-order valence-electron chi connectivity index (χ4n) is 4.40. The molecule has 6 nitrogen and oxygen atoms in total. The van der Waals surface area contributed by atoms with Crippen molar-refractivity contribution in [3.8, 4) is 11.5 Å². The fraction of sp³-hybridized carbons (Fsp3) is 0.500. The van der Waals surface area contributed by atoms with Gasteiger partial charge >= 0.3 is 0 Å². The molecule has 3 rings (SSSR count). The summed E-state index contributed by atoms with van der Waals surface area (Å²) in [5.41, 5.74) is 1.58. The van der Waals surface area contributed by atoms with Gasteiger partial charge in [0.25, 0.3) is 0 Å². The molecule has 0 bridgehead atoms. The molecule has 1 heterocycles. The molecule has 1 atom stereocenters. The van der Waals surface area contributed by atoms with E-state index in [0.29, 0.717) is 23.5 Å². The van der Waals surface area contributed by atoms with Gasteiger partial charge in [-0.1, -0.05) is 26.7 Å². The number of benzene rings is 2. The molecule has 170 valence electrons. The van der Waals surface area contributed by atoms with Gasteiger partial charge in [-0.25, -0.2) is 8.42 Å². The third kappa shape index (κ3) is 4.67. The first kappa shape index (κ1) is 23.4. The molecule has 0 fully saturated rings. The minimum atomic E-state index is -3.57. The van der Waals surface area contributed by atoms with Gasteiger partial charge in [0.15, 0.2) is 9.84 Å². The van der Waals surface area contributed by atoms with Gasteiger partial charge in [-0.15, -0.1) is 0 Å². The minimum Gasteiger partial charge on any atom is -0.497 e. The third-order valence-corrected chi connectivity index (χ3v) is 8.33. The molecular formula is C24H33NO5S. The third-order valence-electron chi connectivity index (χ3n) is 6.34. The molecule has 31 heavy (non-hydrogen) atoms. The van der Waals surface area contributed by atoms with Crippen molar-refractivity contribution >= 4 is 21.2 Å². The fourth-order valence-corrected chi connectivity index (χ4v) is 6.61. The summed E-state index contributed by atoms with van der Waals surface area (Å²) in [5, 5.41) is 9.79. The Bertz CT molecular complexity index is 1000. The van der Waals surface area contributed by atoms with Crippen LogP contribution in [0.15, 0.2) is 41.3 Å². The number of ether oxygens (including phenoxy) is 2. The first-order valence-corrected chi connectivity index (χ1v) is 12.4. The van der Waals surface area contributed by atoms with Gasteiger partial charge < -0.3 is 19.5 Å². The molecular weight excluding hydrogens is 414 g/mol. The largest absolute Gasteiger partial charge is 0.497 e. The molecule has 2 aromatic carbocycles. The number of sulfone groups is 1. The van der Waals surface area contributed by atoms with Crippen LogP contribution in [0.5, 0.6) is 11.5 Å². The van der Waals surface area contributed by atoms with E-state index in [1.807, 2.05) is 24.3 Å². The average Bonchev–Trinajstić information content (AvgIpc) is 2.89. The summed E-state index contributed by atoms with van der Waals surface area (Å²) in [6, 6.07) is 11.0. The molecule has 0 aromatic heterocycles. The van der Waals surface area contributed by atoms with Gasteiger partial charge in [0.1, 0.15) is 11.5 Å². The van der Waals surface area contributed by atoms with E-state index in [4.69, 9.17) is 9.47 Å². The zero-order valence-corrected chi connectivity index (χ0v) is 19.7. The normalized spacial score (nSPS) is 20.1. The van der Waals surface area contributed by atoms with Crippen LogP contribution < -0.4 is 14.4 Å². The highest BCUT2D eigenvalue weighted by atomic mass is 32.2. The van der Waals surface area contributed by atoms with Crippen LogP contribution in [-0.4, -0.2) is 40.0 Å². The molecule has 0 saturated heterocycles. The standard InChI is InChI=1S/C24H33NO5S/c1-5-7-12-24(6-2)16-25(19-8-10-20(29-3)11-9-19)21-14-22(30-4)18(15-26)13-23(21)31(27,28)17-24/h8-11,13-14,26H,5-7,12,15-17H2,1-4H3. The first-order valence-electron chi connectivity index (χ1n) is 10.8. The number of aliphatic hydroxyl groups excluding tert-OH is 1. The molecule has 0 amide bonds. The van der Waals surface area contributed by atoms with E-state index < -0.39 is 9.84 Å². The van der Waals surface area contributed by atoms with Gasteiger partial charge in [0.05, 0.1) is 37.2 Å². The molecule has 1 N–H and O–H groups in total. The number of fused-ring (bicyclic) bond motifs is 1. The summed E-state index contributed by atoms with van der Waals surface area (Å²) < 4.78 is 38.0. The summed E-state index contributed by atoms with van der Waals surface area (Å²) in [6.07, 6.45) is 3.59. The number of nitrogens with zero attached hydrogens (tertiary/aromatic N) is 1. The Morgan fingerprint density at radius 3 is 2.35 bits per heavy atom. The average molecular weight is 448 g/mol. The van der Waals surface area contributed by atoms with Gasteiger partial charge in [-0.2, -0.15) is 0 Å². The van der Waals surface area contributed by atoms with Crippen LogP contribution in [0.25, 0.3) is 0 Å². The summed E-state index contributed by atoms with van der Waals surface area (Å²) in [6.45, 7) is 4.50. The number of methoxy groups -OCH3 is 2. The van der Waals surface area contributed by atoms with Crippen molar-refractivity contribution in [2.24, 2.45) is 5.41 Å². The van der Waals surface area contributed by atoms with Gasteiger partial charge in [-0.3, -0.25) is 0 Å². The molecule has 1 aliphatic heterocycles. The monoisotopic (exact) mass is 447 g/mol. The summed E-state index contributed by atoms with van der Waals surface area (Å²) >= 11 is 0. The topological polar surface area (TPSA) is 76.1 Å². The Morgan fingerprint density at radius 1 is 1.10 bits per heavy atom. The number of hydrogen-bond acceptors (Lipinski definition) is 6. The van der Waals surface area contributed by atoms with E-state index in [1.54, 1.807) is 19.2 Å². The van der Waals surface area contributed by atoms with Crippen molar-refractivity contribution in [2.75, 3.05) is 31.4 Å². The van der Waals surface area contributed by atoms with Crippen molar-refractivity contribution in [3.05, 3.63) is 42.0 Å².